The Balaban J connectivity index is 2.47. The molecule has 0 saturated heterocycles. The molecular formula is C16H26N2O2. The molecule has 0 heterocycles. The van der Waals surface area contributed by atoms with Crippen LogP contribution in [-0.4, -0.2) is 25.6 Å². The van der Waals surface area contributed by atoms with E-state index in [-0.39, 0.29) is 12.5 Å². The van der Waals surface area contributed by atoms with Gasteiger partial charge in [-0.2, -0.15) is 0 Å². The molecular weight excluding hydrogens is 252 g/mol. The lowest BCUT2D eigenvalue weighted by Crippen LogP contribution is -2.29. The van der Waals surface area contributed by atoms with Crippen LogP contribution < -0.4 is 15.4 Å². The number of amides is 1. The summed E-state index contributed by atoms with van der Waals surface area (Å²) in [4.78, 5) is 11.4. The van der Waals surface area contributed by atoms with Gasteiger partial charge in [0.2, 0.25) is 0 Å². The van der Waals surface area contributed by atoms with E-state index in [0.29, 0.717) is 12.6 Å². The van der Waals surface area contributed by atoms with E-state index in [1.807, 2.05) is 19.1 Å². The molecule has 0 bridgehead atoms. The topological polar surface area (TPSA) is 50.4 Å². The first-order valence-electron chi connectivity index (χ1n) is 7.44. The Bertz CT molecular complexity index is 390. The average Bonchev–Trinajstić information content (AvgIpc) is 2.49. The van der Waals surface area contributed by atoms with E-state index in [2.05, 4.69) is 36.6 Å². The summed E-state index contributed by atoms with van der Waals surface area (Å²) in [6.07, 6.45) is 1.98. The number of benzene rings is 1. The summed E-state index contributed by atoms with van der Waals surface area (Å²) in [6.45, 7) is 8.01. The molecule has 0 radical (unpaired) electrons. The van der Waals surface area contributed by atoms with Crippen molar-refractivity contribution in [2.24, 2.45) is 0 Å². The Labute approximate surface area is 121 Å². The summed E-state index contributed by atoms with van der Waals surface area (Å²) in [5.74, 6) is 0.654. The van der Waals surface area contributed by atoms with Crippen LogP contribution in [0, 0.1) is 0 Å². The number of carbonyl (C=O) groups excluding carboxylic acids is 1. The van der Waals surface area contributed by atoms with Gasteiger partial charge in [-0.3, -0.25) is 4.79 Å². The van der Waals surface area contributed by atoms with Gasteiger partial charge >= 0.3 is 0 Å². The quantitative estimate of drug-likeness (QED) is 0.730. The highest BCUT2D eigenvalue weighted by Crippen LogP contribution is 2.20. The molecule has 0 fully saturated rings. The monoisotopic (exact) mass is 278 g/mol. The lowest BCUT2D eigenvalue weighted by atomic mass is 10.0. The van der Waals surface area contributed by atoms with Crippen LogP contribution in [0.2, 0.25) is 0 Å². The molecule has 4 heteroatoms. The van der Waals surface area contributed by atoms with Crippen LogP contribution in [0.3, 0.4) is 0 Å². The molecule has 0 aromatic heterocycles. The van der Waals surface area contributed by atoms with Gasteiger partial charge < -0.3 is 15.4 Å². The molecule has 0 aliphatic rings. The van der Waals surface area contributed by atoms with Crippen LogP contribution >= 0.6 is 0 Å². The Morgan fingerprint density at radius 2 is 1.90 bits per heavy atom. The molecule has 112 valence electrons. The van der Waals surface area contributed by atoms with Gasteiger partial charge in [0.1, 0.15) is 5.75 Å². The number of ether oxygens (including phenoxy) is 1. The maximum atomic E-state index is 11.4. The number of rotatable bonds is 9. The fourth-order valence-corrected chi connectivity index (χ4v) is 2.00. The van der Waals surface area contributed by atoms with Gasteiger partial charge in [0, 0.05) is 12.6 Å². The number of hydrogen-bond donors (Lipinski definition) is 2. The molecule has 20 heavy (non-hydrogen) atoms. The lowest BCUT2D eigenvalue weighted by Gasteiger charge is -2.16. The Kier molecular flexibility index (Phi) is 7.73. The number of carbonyl (C=O) groups is 1. The highest BCUT2D eigenvalue weighted by atomic mass is 16.5. The zero-order chi connectivity index (χ0) is 14.8. The van der Waals surface area contributed by atoms with Crippen LogP contribution in [0.15, 0.2) is 24.3 Å². The Morgan fingerprint density at radius 1 is 1.20 bits per heavy atom. The number of nitrogens with one attached hydrogen (secondary N) is 2. The van der Waals surface area contributed by atoms with Gasteiger partial charge in [-0.15, -0.1) is 0 Å². The van der Waals surface area contributed by atoms with Gasteiger partial charge in [0.25, 0.3) is 5.91 Å². The fraction of sp³-hybridized carbons (Fsp3) is 0.562. The largest absolute Gasteiger partial charge is 0.484 e. The Hall–Kier alpha value is -1.55. The van der Waals surface area contributed by atoms with Crippen molar-refractivity contribution in [2.45, 2.75) is 39.7 Å². The predicted octanol–water partition coefficient (Wildman–Crippen LogP) is 2.65. The van der Waals surface area contributed by atoms with Crippen molar-refractivity contribution >= 4 is 5.91 Å². The van der Waals surface area contributed by atoms with Crippen LogP contribution in [-0.2, 0) is 4.79 Å². The summed E-state index contributed by atoms with van der Waals surface area (Å²) in [5.41, 5.74) is 1.25. The SMILES string of the molecule is CCCNC(=O)COc1ccc(C(CC)NCC)cc1. The summed E-state index contributed by atoms with van der Waals surface area (Å²) in [6, 6.07) is 8.32. The molecule has 4 nitrogen and oxygen atoms in total. The summed E-state index contributed by atoms with van der Waals surface area (Å²) in [5, 5.41) is 6.22. The molecule has 1 atom stereocenters. The molecule has 1 amide bonds. The minimum atomic E-state index is -0.0741. The van der Waals surface area contributed by atoms with E-state index in [4.69, 9.17) is 4.74 Å². The van der Waals surface area contributed by atoms with E-state index < -0.39 is 0 Å². The van der Waals surface area contributed by atoms with Gasteiger partial charge in [-0.05, 0) is 37.1 Å². The molecule has 1 aromatic rings. The maximum Gasteiger partial charge on any atom is 0.257 e. The lowest BCUT2D eigenvalue weighted by molar-refractivity contribution is -0.123. The molecule has 0 spiro atoms. The van der Waals surface area contributed by atoms with Crippen LogP contribution in [0.5, 0.6) is 5.75 Å². The van der Waals surface area contributed by atoms with E-state index >= 15 is 0 Å². The van der Waals surface area contributed by atoms with Gasteiger partial charge in [0.05, 0.1) is 0 Å². The minimum Gasteiger partial charge on any atom is -0.484 e. The molecule has 1 unspecified atom stereocenters. The van der Waals surface area contributed by atoms with Gasteiger partial charge in [-0.1, -0.05) is 32.9 Å². The third kappa shape index (κ3) is 5.61. The molecule has 0 aliphatic carbocycles. The molecule has 1 aromatic carbocycles. The summed E-state index contributed by atoms with van der Waals surface area (Å²) < 4.78 is 5.46. The predicted molar refractivity (Wildman–Crippen MR) is 81.9 cm³/mol. The number of hydrogen-bond acceptors (Lipinski definition) is 3. The second kappa shape index (κ2) is 9.37. The minimum absolute atomic E-state index is 0.0732. The van der Waals surface area contributed by atoms with Crippen molar-refractivity contribution in [3.63, 3.8) is 0 Å². The van der Waals surface area contributed by atoms with E-state index in [1.54, 1.807) is 0 Å². The highest BCUT2D eigenvalue weighted by Gasteiger charge is 2.08. The summed E-state index contributed by atoms with van der Waals surface area (Å²) >= 11 is 0. The van der Waals surface area contributed by atoms with E-state index in [9.17, 15) is 4.79 Å². The second-order valence-corrected chi connectivity index (χ2v) is 4.73. The van der Waals surface area contributed by atoms with Crippen LogP contribution in [0.25, 0.3) is 0 Å². The van der Waals surface area contributed by atoms with Gasteiger partial charge in [-0.25, -0.2) is 0 Å². The molecule has 0 saturated carbocycles. The smallest absolute Gasteiger partial charge is 0.257 e. The first-order chi connectivity index (χ1) is 9.71. The Morgan fingerprint density at radius 3 is 2.45 bits per heavy atom. The second-order valence-electron chi connectivity index (χ2n) is 4.73. The van der Waals surface area contributed by atoms with Crippen molar-refractivity contribution in [3.05, 3.63) is 29.8 Å². The normalized spacial score (nSPS) is 11.9. The first kappa shape index (κ1) is 16.5. The third-order valence-corrected chi connectivity index (χ3v) is 3.08. The van der Waals surface area contributed by atoms with Crippen molar-refractivity contribution < 1.29 is 9.53 Å². The summed E-state index contributed by atoms with van der Waals surface area (Å²) in [7, 11) is 0. The van der Waals surface area contributed by atoms with Gasteiger partial charge in [0.15, 0.2) is 6.61 Å². The zero-order valence-corrected chi connectivity index (χ0v) is 12.7. The maximum absolute atomic E-state index is 11.4. The zero-order valence-electron chi connectivity index (χ0n) is 12.7. The van der Waals surface area contributed by atoms with Crippen LogP contribution in [0.1, 0.15) is 45.2 Å². The molecule has 2 N–H and O–H groups in total. The molecule has 1 rings (SSSR count). The molecule has 0 aliphatic heterocycles. The fourth-order valence-electron chi connectivity index (χ4n) is 2.00. The third-order valence-electron chi connectivity index (χ3n) is 3.08. The standard InChI is InChI=1S/C16H26N2O2/c1-4-11-18-16(19)12-20-14-9-7-13(8-10-14)15(5-2)17-6-3/h7-10,15,17H,4-6,11-12H2,1-3H3,(H,18,19). The highest BCUT2D eigenvalue weighted by molar-refractivity contribution is 5.77. The van der Waals surface area contributed by atoms with Crippen molar-refractivity contribution in [1.29, 1.82) is 0 Å². The van der Waals surface area contributed by atoms with Crippen molar-refractivity contribution in [2.75, 3.05) is 19.7 Å². The van der Waals surface area contributed by atoms with E-state index in [0.717, 1.165) is 25.1 Å². The first-order valence-corrected chi connectivity index (χ1v) is 7.44. The van der Waals surface area contributed by atoms with Crippen LogP contribution in [0.4, 0.5) is 0 Å². The average molecular weight is 278 g/mol. The van der Waals surface area contributed by atoms with Crippen molar-refractivity contribution in [3.8, 4) is 5.75 Å². The van der Waals surface area contributed by atoms with E-state index in [1.165, 1.54) is 5.56 Å². The van der Waals surface area contributed by atoms with Crippen molar-refractivity contribution in [1.82, 2.24) is 10.6 Å².